The average molecular weight is 217 g/mol. The highest BCUT2D eigenvalue weighted by Gasteiger charge is 2.41. The lowest BCUT2D eigenvalue weighted by molar-refractivity contribution is 0.276. The van der Waals surface area contributed by atoms with Gasteiger partial charge in [0.15, 0.2) is 5.65 Å². The van der Waals surface area contributed by atoms with Crippen molar-refractivity contribution in [2.45, 2.75) is 31.8 Å². The Bertz CT molecular complexity index is 555. The monoisotopic (exact) mass is 217 g/mol. The van der Waals surface area contributed by atoms with Crippen molar-refractivity contribution in [2.75, 3.05) is 0 Å². The maximum Gasteiger partial charge on any atom is 0.159 e. The highest BCUT2D eigenvalue weighted by atomic mass is 16.3. The molecule has 1 fully saturated rings. The summed E-state index contributed by atoms with van der Waals surface area (Å²) in [6, 6.07) is 2.12. The molecule has 0 bridgehead atoms. The number of fused-ring (bicyclic) bond motifs is 1. The third-order valence-electron chi connectivity index (χ3n) is 3.56. The molecule has 0 unspecified atom stereocenters. The second kappa shape index (κ2) is 3.04. The predicted octanol–water partition coefficient (Wildman–Crippen LogP) is 1.51. The molecule has 1 aliphatic rings. The molecule has 1 aliphatic carbocycles. The molecular weight excluding hydrogens is 202 g/mol. The predicted molar refractivity (Wildman–Crippen MR) is 61.0 cm³/mol. The minimum Gasteiger partial charge on any atom is -0.390 e. The van der Waals surface area contributed by atoms with E-state index in [4.69, 9.17) is 5.11 Å². The van der Waals surface area contributed by atoms with Crippen LogP contribution in [0.2, 0.25) is 0 Å². The molecule has 0 amide bonds. The van der Waals surface area contributed by atoms with Crippen molar-refractivity contribution in [1.82, 2.24) is 14.5 Å². The van der Waals surface area contributed by atoms with Crippen LogP contribution in [0.15, 0.2) is 12.3 Å². The minimum atomic E-state index is -0.0548. The number of hydrogen-bond donors (Lipinski definition) is 1. The van der Waals surface area contributed by atoms with E-state index in [-0.39, 0.29) is 6.61 Å². The quantitative estimate of drug-likeness (QED) is 0.829. The van der Waals surface area contributed by atoms with Gasteiger partial charge < -0.3 is 9.67 Å². The van der Waals surface area contributed by atoms with Gasteiger partial charge in [0.1, 0.15) is 5.52 Å². The zero-order valence-corrected chi connectivity index (χ0v) is 9.56. The number of hydrogen-bond acceptors (Lipinski definition) is 3. The van der Waals surface area contributed by atoms with Gasteiger partial charge in [-0.1, -0.05) is 6.92 Å². The van der Waals surface area contributed by atoms with Gasteiger partial charge in [-0.05, 0) is 18.9 Å². The summed E-state index contributed by atoms with van der Waals surface area (Å²) in [6.45, 7) is 2.22. The fourth-order valence-corrected chi connectivity index (χ4v) is 2.21. The van der Waals surface area contributed by atoms with Crippen LogP contribution in [0.4, 0.5) is 0 Å². The summed E-state index contributed by atoms with van der Waals surface area (Å²) in [6.07, 6.45) is 4.12. The maximum atomic E-state index is 9.06. The van der Waals surface area contributed by atoms with Crippen LogP contribution in [0.1, 0.15) is 31.2 Å². The Hall–Kier alpha value is -1.42. The molecule has 1 N–H and O–H groups in total. The van der Waals surface area contributed by atoms with Crippen molar-refractivity contribution < 1.29 is 5.11 Å². The van der Waals surface area contributed by atoms with Gasteiger partial charge in [0, 0.05) is 18.2 Å². The third-order valence-corrected chi connectivity index (χ3v) is 3.56. The summed E-state index contributed by atoms with van der Waals surface area (Å²) >= 11 is 0. The maximum absolute atomic E-state index is 9.06. The molecule has 0 radical (unpaired) electrons. The highest BCUT2D eigenvalue weighted by Crippen LogP contribution is 2.48. The molecule has 0 aromatic carbocycles. The van der Waals surface area contributed by atoms with E-state index in [9.17, 15) is 0 Å². The summed E-state index contributed by atoms with van der Waals surface area (Å²) in [5.74, 6) is 0. The van der Waals surface area contributed by atoms with Gasteiger partial charge in [-0.3, -0.25) is 4.98 Å². The summed E-state index contributed by atoms with van der Waals surface area (Å²) in [5, 5.41) is 9.06. The number of aromatic nitrogens is 3. The van der Waals surface area contributed by atoms with E-state index in [1.54, 1.807) is 6.20 Å². The molecule has 0 saturated heterocycles. The molecule has 84 valence electrons. The molecule has 2 aromatic heterocycles. The van der Waals surface area contributed by atoms with E-state index in [0.717, 1.165) is 11.2 Å². The SMILES string of the molecule is Cn1c(C2(C)CC2)cc2ncc(CO)nc21. The number of aliphatic hydroxyl groups excluding tert-OH is 1. The first-order chi connectivity index (χ1) is 7.64. The zero-order valence-electron chi connectivity index (χ0n) is 9.56. The van der Waals surface area contributed by atoms with E-state index < -0.39 is 0 Å². The fourth-order valence-electron chi connectivity index (χ4n) is 2.21. The van der Waals surface area contributed by atoms with Crippen molar-refractivity contribution >= 4 is 11.2 Å². The first kappa shape index (κ1) is 9.78. The van der Waals surface area contributed by atoms with Crippen molar-refractivity contribution in [3.05, 3.63) is 23.7 Å². The first-order valence-corrected chi connectivity index (χ1v) is 5.57. The Labute approximate surface area is 93.9 Å². The van der Waals surface area contributed by atoms with E-state index >= 15 is 0 Å². The van der Waals surface area contributed by atoms with Crippen molar-refractivity contribution in [2.24, 2.45) is 7.05 Å². The van der Waals surface area contributed by atoms with E-state index in [2.05, 4.69) is 27.5 Å². The first-order valence-electron chi connectivity index (χ1n) is 5.57. The fraction of sp³-hybridized carbons (Fsp3) is 0.500. The van der Waals surface area contributed by atoms with Crippen LogP contribution in [0, 0.1) is 0 Å². The summed E-state index contributed by atoms with van der Waals surface area (Å²) in [4.78, 5) is 8.74. The number of aryl methyl sites for hydroxylation is 1. The van der Waals surface area contributed by atoms with E-state index in [1.165, 1.54) is 18.5 Å². The molecule has 2 heterocycles. The number of nitrogens with zero attached hydrogens (tertiary/aromatic N) is 3. The normalized spacial score (nSPS) is 17.9. The third kappa shape index (κ3) is 1.26. The molecule has 2 aromatic rings. The Morgan fingerprint density at radius 2 is 2.25 bits per heavy atom. The van der Waals surface area contributed by atoms with Gasteiger partial charge in [-0.15, -0.1) is 0 Å². The van der Waals surface area contributed by atoms with Crippen LogP contribution < -0.4 is 0 Å². The molecule has 0 aliphatic heterocycles. The van der Waals surface area contributed by atoms with Gasteiger partial charge in [0.2, 0.25) is 0 Å². The van der Waals surface area contributed by atoms with Crippen LogP contribution in [0.3, 0.4) is 0 Å². The molecular formula is C12H15N3O. The standard InChI is InChI=1S/C12H15N3O/c1-12(3-4-12)10-5-9-11(15(10)2)14-8(7-16)6-13-9/h5-6,16H,3-4,7H2,1-2H3. The van der Waals surface area contributed by atoms with Gasteiger partial charge in [0.25, 0.3) is 0 Å². The van der Waals surface area contributed by atoms with Gasteiger partial charge in [-0.25, -0.2) is 4.98 Å². The number of rotatable bonds is 2. The lowest BCUT2D eigenvalue weighted by Crippen LogP contribution is -2.07. The van der Waals surface area contributed by atoms with Crippen LogP contribution in [0.5, 0.6) is 0 Å². The van der Waals surface area contributed by atoms with Crippen LogP contribution in [-0.4, -0.2) is 19.6 Å². The van der Waals surface area contributed by atoms with E-state index in [0.29, 0.717) is 11.1 Å². The van der Waals surface area contributed by atoms with Gasteiger partial charge in [0.05, 0.1) is 18.5 Å². The summed E-state index contributed by atoms with van der Waals surface area (Å²) < 4.78 is 2.11. The van der Waals surface area contributed by atoms with Crippen molar-refractivity contribution in [3.8, 4) is 0 Å². The Kier molecular flexibility index (Phi) is 1.86. The average Bonchev–Trinajstić information content (AvgIpc) is 2.95. The molecule has 0 spiro atoms. The number of aliphatic hydroxyl groups is 1. The van der Waals surface area contributed by atoms with Gasteiger partial charge >= 0.3 is 0 Å². The minimum absolute atomic E-state index is 0.0548. The summed E-state index contributed by atoms with van der Waals surface area (Å²) in [5.41, 5.74) is 4.03. The molecule has 1 saturated carbocycles. The molecule has 0 atom stereocenters. The van der Waals surface area contributed by atoms with Crippen LogP contribution in [0.25, 0.3) is 11.2 Å². The van der Waals surface area contributed by atoms with Crippen molar-refractivity contribution in [1.29, 1.82) is 0 Å². The van der Waals surface area contributed by atoms with E-state index in [1.807, 2.05) is 7.05 Å². The van der Waals surface area contributed by atoms with Crippen LogP contribution in [-0.2, 0) is 19.1 Å². The van der Waals surface area contributed by atoms with Crippen molar-refractivity contribution in [3.63, 3.8) is 0 Å². The lowest BCUT2D eigenvalue weighted by atomic mass is 10.1. The topological polar surface area (TPSA) is 50.9 Å². The highest BCUT2D eigenvalue weighted by molar-refractivity contribution is 5.73. The Morgan fingerprint density at radius 1 is 1.50 bits per heavy atom. The Balaban J connectivity index is 2.23. The summed E-state index contributed by atoms with van der Waals surface area (Å²) in [7, 11) is 2.02. The molecule has 16 heavy (non-hydrogen) atoms. The smallest absolute Gasteiger partial charge is 0.159 e. The second-order valence-electron chi connectivity index (χ2n) is 4.88. The molecule has 4 nitrogen and oxygen atoms in total. The zero-order chi connectivity index (χ0) is 11.3. The van der Waals surface area contributed by atoms with Gasteiger partial charge in [-0.2, -0.15) is 0 Å². The largest absolute Gasteiger partial charge is 0.390 e. The molecule has 3 rings (SSSR count). The second-order valence-corrected chi connectivity index (χ2v) is 4.88. The Morgan fingerprint density at radius 3 is 2.88 bits per heavy atom. The molecule has 4 heteroatoms. The van der Waals surface area contributed by atoms with Crippen LogP contribution >= 0.6 is 0 Å². The lowest BCUT2D eigenvalue weighted by Gasteiger charge is -2.09.